The van der Waals surface area contributed by atoms with Crippen molar-refractivity contribution >= 4 is 28.7 Å². The Bertz CT molecular complexity index is 1190. The lowest BCUT2D eigenvalue weighted by Crippen LogP contribution is -2.41. The highest BCUT2D eigenvalue weighted by atomic mass is 19.1. The summed E-state index contributed by atoms with van der Waals surface area (Å²) in [5.74, 6) is -1.81. The lowest BCUT2D eigenvalue weighted by Gasteiger charge is -2.24. The van der Waals surface area contributed by atoms with Crippen LogP contribution in [-0.2, 0) is 21.6 Å². The zero-order chi connectivity index (χ0) is 21.5. The van der Waals surface area contributed by atoms with Crippen LogP contribution in [0.1, 0.15) is 28.4 Å². The highest BCUT2D eigenvalue weighted by Gasteiger charge is 2.49. The number of hydrogen-bond acceptors (Lipinski definition) is 4. The third kappa shape index (κ3) is 3.08. The molecule has 0 saturated carbocycles. The smallest absolute Gasteiger partial charge is 0.338 e. The average molecular weight is 406 g/mol. The van der Waals surface area contributed by atoms with Crippen molar-refractivity contribution in [1.29, 1.82) is 0 Å². The number of urea groups is 1. The first kappa shape index (κ1) is 19.6. The first-order valence-electron chi connectivity index (χ1n) is 9.34. The number of halogens is 1. The van der Waals surface area contributed by atoms with E-state index in [1.165, 1.54) is 19.2 Å². The van der Waals surface area contributed by atoms with Crippen LogP contribution in [0.25, 0.3) is 10.8 Å². The van der Waals surface area contributed by atoms with E-state index in [1.54, 1.807) is 6.92 Å². The minimum Gasteiger partial charge on any atom is -0.465 e. The number of nitrogens with one attached hydrogen (secondary N) is 1. The third-order valence-corrected chi connectivity index (χ3v) is 5.41. The van der Waals surface area contributed by atoms with Gasteiger partial charge in [0, 0.05) is 0 Å². The Morgan fingerprint density at radius 2 is 1.83 bits per heavy atom. The number of fused-ring (bicyclic) bond motifs is 1. The number of benzene rings is 3. The van der Waals surface area contributed by atoms with Gasteiger partial charge in [-0.3, -0.25) is 9.69 Å². The number of carbonyl (C=O) groups is 3. The molecule has 1 aliphatic heterocycles. The van der Waals surface area contributed by atoms with Crippen molar-refractivity contribution in [3.63, 3.8) is 0 Å². The Hall–Kier alpha value is -3.74. The van der Waals surface area contributed by atoms with E-state index >= 15 is 0 Å². The molecule has 0 bridgehead atoms. The molecule has 152 valence electrons. The predicted molar refractivity (Wildman–Crippen MR) is 108 cm³/mol. The molecule has 0 aromatic heterocycles. The number of carbonyl (C=O) groups excluding carboxylic acids is 3. The highest BCUT2D eigenvalue weighted by Crippen LogP contribution is 2.34. The molecule has 1 heterocycles. The molecular weight excluding hydrogens is 387 g/mol. The van der Waals surface area contributed by atoms with E-state index in [0.29, 0.717) is 11.1 Å². The van der Waals surface area contributed by atoms with Gasteiger partial charge in [-0.2, -0.15) is 0 Å². The van der Waals surface area contributed by atoms with Crippen molar-refractivity contribution in [2.45, 2.75) is 19.0 Å². The number of amides is 3. The molecule has 1 saturated heterocycles. The summed E-state index contributed by atoms with van der Waals surface area (Å²) in [5, 5.41) is 4.58. The van der Waals surface area contributed by atoms with Gasteiger partial charge in [0.25, 0.3) is 5.91 Å². The summed E-state index contributed by atoms with van der Waals surface area (Å²) in [5.41, 5.74) is -0.316. The summed E-state index contributed by atoms with van der Waals surface area (Å²) < 4.78 is 18.3. The summed E-state index contributed by atoms with van der Waals surface area (Å²) in [6, 6.07) is 16.2. The molecule has 7 heteroatoms. The van der Waals surface area contributed by atoms with E-state index in [1.807, 2.05) is 42.5 Å². The monoisotopic (exact) mass is 406 g/mol. The Morgan fingerprint density at radius 3 is 2.60 bits per heavy atom. The number of ether oxygens (including phenoxy) is 1. The number of rotatable bonds is 4. The fourth-order valence-corrected chi connectivity index (χ4v) is 3.84. The minimum absolute atomic E-state index is 0.0307. The Morgan fingerprint density at radius 1 is 1.10 bits per heavy atom. The largest absolute Gasteiger partial charge is 0.465 e. The molecule has 0 spiro atoms. The fourth-order valence-electron chi connectivity index (χ4n) is 3.84. The van der Waals surface area contributed by atoms with Crippen molar-refractivity contribution in [1.82, 2.24) is 10.2 Å². The molecule has 1 atom stereocenters. The fraction of sp³-hybridized carbons (Fsp3) is 0.174. The van der Waals surface area contributed by atoms with Gasteiger partial charge in [-0.1, -0.05) is 48.5 Å². The topological polar surface area (TPSA) is 75.7 Å². The van der Waals surface area contributed by atoms with E-state index in [-0.39, 0.29) is 12.1 Å². The molecular formula is C23H19FN2O4. The van der Waals surface area contributed by atoms with Crippen LogP contribution in [0.3, 0.4) is 0 Å². The van der Waals surface area contributed by atoms with Crippen molar-refractivity contribution in [3.8, 4) is 0 Å². The molecule has 3 aromatic rings. The van der Waals surface area contributed by atoms with Crippen molar-refractivity contribution in [3.05, 3.63) is 83.2 Å². The number of esters is 1. The zero-order valence-corrected chi connectivity index (χ0v) is 16.4. The molecule has 1 N–H and O–H groups in total. The second-order valence-electron chi connectivity index (χ2n) is 7.27. The van der Waals surface area contributed by atoms with Crippen molar-refractivity contribution in [2.75, 3.05) is 7.11 Å². The van der Waals surface area contributed by atoms with Crippen LogP contribution in [0.2, 0.25) is 0 Å². The van der Waals surface area contributed by atoms with Crippen LogP contribution in [0.4, 0.5) is 9.18 Å². The van der Waals surface area contributed by atoms with E-state index in [4.69, 9.17) is 4.74 Å². The molecule has 4 rings (SSSR count). The van der Waals surface area contributed by atoms with Gasteiger partial charge in [-0.05, 0) is 41.0 Å². The SMILES string of the molecule is COC(=O)c1cc(F)ccc1CN1C(=O)NC(C)(c2cccc3ccccc23)C1=O. The predicted octanol–water partition coefficient (Wildman–Crippen LogP) is 3.73. The lowest BCUT2D eigenvalue weighted by atomic mass is 9.87. The third-order valence-electron chi connectivity index (χ3n) is 5.41. The maximum absolute atomic E-state index is 13.6. The van der Waals surface area contributed by atoms with E-state index < -0.39 is 29.3 Å². The molecule has 1 fully saturated rings. The molecule has 6 nitrogen and oxygen atoms in total. The van der Waals surface area contributed by atoms with Gasteiger partial charge < -0.3 is 10.1 Å². The van der Waals surface area contributed by atoms with Crippen LogP contribution in [0.15, 0.2) is 60.7 Å². The maximum atomic E-state index is 13.6. The second-order valence-corrected chi connectivity index (χ2v) is 7.27. The van der Waals surface area contributed by atoms with Gasteiger partial charge in [-0.15, -0.1) is 0 Å². The Kier molecular flexibility index (Phi) is 4.73. The van der Waals surface area contributed by atoms with Gasteiger partial charge in [-0.25, -0.2) is 14.0 Å². The maximum Gasteiger partial charge on any atom is 0.338 e. The molecule has 0 radical (unpaired) electrons. The summed E-state index contributed by atoms with van der Waals surface area (Å²) in [7, 11) is 1.18. The van der Waals surface area contributed by atoms with Gasteiger partial charge in [0.15, 0.2) is 0 Å². The van der Waals surface area contributed by atoms with Gasteiger partial charge in [0.1, 0.15) is 11.4 Å². The molecule has 0 aliphatic carbocycles. The number of hydrogen-bond donors (Lipinski definition) is 1. The molecule has 1 aliphatic rings. The Labute approximate surface area is 172 Å². The van der Waals surface area contributed by atoms with Crippen molar-refractivity contribution in [2.24, 2.45) is 0 Å². The normalized spacial score (nSPS) is 18.6. The van der Waals surface area contributed by atoms with Gasteiger partial charge >= 0.3 is 12.0 Å². The average Bonchev–Trinajstić information content (AvgIpc) is 2.97. The van der Waals surface area contributed by atoms with E-state index in [2.05, 4.69) is 5.32 Å². The summed E-state index contributed by atoms with van der Waals surface area (Å²) in [6.07, 6.45) is 0. The molecule has 30 heavy (non-hydrogen) atoms. The minimum atomic E-state index is -1.27. The first-order valence-corrected chi connectivity index (χ1v) is 9.34. The summed E-state index contributed by atoms with van der Waals surface area (Å²) >= 11 is 0. The summed E-state index contributed by atoms with van der Waals surface area (Å²) in [4.78, 5) is 39.1. The highest BCUT2D eigenvalue weighted by molar-refractivity contribution is 6.09. The molecule has 1 unspecified atom stereocenters. The summed E-state index contributed by atoms with van der Waals surface area (Å²) in [6.45, 7) is 1.47. The van der Waals surface area contributed by atoms with Crippen LogP contribution in [-0.4, -0.2) is 29.9 Å². The number of imide groups is 1. The number of methoxy groups -OCH3 is 1. The van der Waals surface area contributed by atoms with Crippen LogP contribution in [0.5, 0.6) is 0 Å². The first-order chi connectivity index (χ1) is 14.3. The quantitative estimate of drug-likeness (QED) is 0.529. The van der Waals surface area contributed by atoms with Gasteiger partial charge in [0.05, 0.1) is 19.2 Å². The van der Waals surface area contributed by atoms with Crippen LogP contribution >= 0.6 is 0 Å². The van der Waals surface area contributed by atoms with Gasteiger partial charge in [0.2, 0.25) is 0 Å². The molecule has 3 aromatic carbocycles. The van der Waals surface area contributed by atoms with Crippen LogP contribution < -0.4 is 5.32 Å². The van der Waals surface area contributed by atoms with Crippen molar-refractivity contribution < 1.29 is 23.5 Å². The zero-order valence-electron chi connectivity index (χ0n) is 16.4. The number of nitrogens with zero attached hydrogens (tertiary/aromatic N) is 1. The van der Waals surface area contributed by atoms with E-state index in [9.17, 15) is 18.8 Å². The van der Waals surface area contributed by atoms with Crippen LogP contribution in [0, 0.1) is 5.82 Å². The standard InChI is InChI=1S/C23H19FN2O4/c1-23(19-9-5-7-14-6-3-4-8-17(14)19)21(28)26(22(29)25-23)13-15-10-11-16(24)12-18(15)20(27)30-2/h3-12H,13H2,1-2H3,(H,25,29). The Balaban J connectivity index is 1.73. The molecule has 3 amide bonds. The second kappa shape index (κ2) is 7.26. The lowest BCUT2D eigenvalue weighted by molar-refractivity contribution is -0.131. The van der Waals surface area contributed by atoms with E-state index in [0.717, 1.165) is 21.7 Å².